The molecule has 0 radical (unpaired) electrons. The Balaban J connectivity index is 1.80. The fraction of sp³-hybridized carbons (Fsp3) is 0.538. The molecule has 96 valence electrons. The molecule has 0 amide bonds. The molecule has 0 saturated carbocycles. The number of hydrogen-bond donors (Lipinski definition) is 1. The average Bonchev–Trinajstić information content (AvgIpc) is 2.75. The van der Waals surface area contributed by atoms with Crippen molar-refractivity contribution in [1.82, 2.24) is 19.5 Å². The van der Waals surface area contributed by atoms with E-state index >= 15 is 0 Å². The molecule has 0 aliphatic carbocycles. The van der Waals surface area contributed by atoms with Gasteiger partial charge in [-0.15, -0.1) is 10.2 Å². The van der Waals surface area contributed by atoms with E-state index in [4.69, 9.17) is 5.73 Å². The predicted molar refractivity (Wildman–Crippen MR) is 71.3 cm³/mol. The van der Waals surface area contributed by atoms with Gasteiger partial charge in [0.15, 0.2) is 5.65 Å². The summed E-state index contributed by atoms with van der Waals surface area (Å²) in [7, 11) is 2.18. The zero-order chi connectivity index (χ0) is 12.5. The number of nitrogens with zero attached hydrogens (tertiary/aromatic N) is 4. The second kappa shape index (κ2) is 4.57. The van der Waals surface area contributed by atoms with E-state index in [1.807, 2.05) is 22.7 Å². The van der Waals surface area contributed by atoms with Gasteiger partial charge in [-0.05, 0) is 51.0 Å². The first-order chi connectivity index (χ1) is 8.72. The lowest BCUT2D eigenvalue weighted by atomic mass is 9.93. The van der Waals surface area contributed by atoms with Gasteiger partial charge in [0.05, 0.1) is 0 Å². The minimum atomic E-state index is 0.718. The lowest BCUT2D eigenvalue weighted by Gasteiger charge is -2.28. The highest BCUT2D eigenvalue weighted by Crippen LogP contribution is 2.20. The molecule has 1 aliphatic heterocycles. The van der Waals surface area contributed by atoms with Crippen molar-refractivity contribution in [2.75, 3.05) is 25.9 Å². The first kappa shape index (κ1) is 11.5. The van der Waals surface area contributed by atoms with Crippen molar-refractivity contribution < 1.29 is 0 Å². The molecule has 3 rings (SSSR count). The maximum Gasteiger partial charge on any atom is 0.160 e. The molecule has 0 aromatic carbocycles. The highest BCUT2D eigenvalue weighted by atomic mass is 15.2. The van der Waals surface area contributed by atoms with E-state index in [0.29, 0.717) is 0 Å². The molecule has 2 aromatic heterocycles. The standard InChI is InChI=1S/C13H19N5/c1-17-6-4-10(5-7-17)8-13-16-15-12-3-2-11(14)9-18(12)13/h2-3,9-10H,4-8,14H2,1H3. The molecule has 1 saturated heterocycles. The van der Waals surface area contributed by atoms with E-state index in [-0.39, 0.29) is 0 Å². The van der Waals surface area contributed by atoms with Gasteiger partial charge < -0.3 is 10.6 Å². The molecule has 2 N–H and O–H groups in total. The van der Waals surface area contributed by atoms with Gasteiger partial charge in [-0.3, -0.25) is 4.40 Å². The summed E-state index contributed by atoms with van der Waals surface area (Å²) in [4.78, 5) is 2.39. The zero-order valence-corrected chi connectivity index (χ0v) is 10.7. The minimum absolute atomic E-state index is 0.718. The quantitative estimate of drug-likeness (QED) is 0.863. The molecule has 5 heteroatoms. The highest BCUT2D eigenvalue weighted by Gasteiger charge is 2.19. The second-order valence-electron chi connectivity index (χ2n) is 5.26. The van der Waals surface area contributed by atoms with Crippen LogP contribution in [-0.2, 0) is 6.42 Å². The number of nitrogens with two attached hydrogens (primary N) is 1. The topological polar surface area (TPSA) is 59.5 Å². The second-order valence-corrected chi connectivity index (χ2v) is 5.26. The zero-order valence-electron chi connectivity index (χ0n) is 10.7. The van der Waals surface area contributed by atoms with E-state index in [2.05, 4.69) is 22.1 Å². The molecule has 18 heavy (non-hydrogen) atoms. The lowest BCUT2D eigenvalue weighted by molar-refractivity contribution is 0.217. The van der Waals surface area contributed by atoms with Gasteiger partial charge in [-0.25, -0.2) is 0 Å². The number of anilines is 1. The van der Waals surface area contributed by atoms with Crippen LogP contribution in [0.1, 0.15) is 18.7 Å². The molecule has 0 bridgehead atoms. The highest BCUT2D eigenvalue weighted by molar-refractivity contribution is 5.47. The Morgan fingerprint density at radius 1 is 1.28 bits per heavy atom. The number of hydrogen-bond acceptors (Lipinski definition) is 4. The van der Waals surface area contributed by atoms with Gasteiger partial charge in [0.2, 0.25) is 0 Å². The Morgan fingerprint density at radius 2 is 2.06 bits per heavy atom. The Bertz CT molecular complexity index is 539. The number of piperidine rings is 1. The molecule has 1 aliphatic rings. The Morgan fingerprint density at radius 3 is 2.83 bits per heavy atom. The van der Waals surface area contributed by atoms with E-state index in [0.717, 1.165) is 29.5 Å². The van der Waals surface area contributed by atoms with Gasteiger partial charge >= 0.3 is 0 Å². The molecule has 5 nitrogen and oxygen atoms in total. The summed E-state index contributed by atoms with van der Waals surface area (Å²) < 4.78 is 2.02. The summed E-state index contributed by atoms with van der Waals surface area (Å²) in [5.74, 6) is 1.75. The molecule has 1 fully saturated rings. The molecule has 3 heterocycles. The van der Waals surface area contributed by atoms with E-state index < -0.39 is 0 Å². The van der Waals surface area contributed by atoms with Gasteiger partial charge in [-0.2, -0.15) is 0 Å². The predicted octanol–water partition coefficient (Wildman–Crippen LogP) is 1.20. The Kier molecular flexibility index (Phi) is 2.91. The van der Waals surface area contributed by atoms with Crippen LogP contribution in [0.5, 0.6) is 0 Å². The van der Waals surface area contributed by atoms with Crippen LogP contribution in [-0.4, -0.2) is 39.6 Å². The Labute approximate surface area is 107 Å². The van der Waals surface area contributed by atoms with Crippen molar-refractivity contribution in [2.24, 2.45) is 5.92 Å². The average molecular weight is 245 g/mol. The van der Waals surface area contributed by atoms with E-state index in [1.165, 1.54) is 25.9 Å². The van der Waals surface area contributed by atoms with Gasteiger partial charge in [0, 0.05) is 18.3 Å². The van der Waals surface area contributed by atoms with Crippen LogP contribution < -0.4 is 5.73 Å². The van der Waals surface area contributed by atoms with Crippen molar-refractivity contribution in [3.8, 4) is 0 Å². The Hall–Kier alpha value is -1.62. The number of fused-ring (bicyclic) bond motifs is 1. The van der Waals surface area contributed by atoms with Gasteiger partial charge in [0.1, 0.15) is 5.82 Å². The summed E-state index contributed by atoms with van der Waals surface area (Å²) >= 11 is 0. The summed E-state index contributed by atoms with van der Waals surface area (Å²) in [6, 6.07) is 3.78. The fourth-order valence-corrected chi connectivity index (χ4v) is 2.62. The van der Waals surface area contributed by atoms with Crippen molar-refractivity contribution in [2.45, 2.75) is 19.3 Å². The SMILES string of the molecule is CN1CCC(Cc2nnc3ccc(N)cn23)CC1. The molecular weight excluding hydrogens is 226 g/mol. The van der Waals surface area contributed by atoms with Crippen molar-refractivity contribution >= 4 is 11.3 Å². The number of aromatic nitrogens is 3. The fourth-order valence-electron chi connectivity index (χ4n) is 2.62. The first-order valence-corrected chi connectivity index (χ1v) is 6.50. The molecule has 0 spiro atoms. The minimum Gasteiger partial charge on any atom is -0.398 e. The summed E-state index contributed by atoms with van der Waals surface area (Å²) in [5, 5.41) is 8.48. The maximum atomic E-state index is 5.82. The van der Waals surface area contributed by atoms with Crippen molar-refractivity contribution in [1.29, 1.82) is 0 Å². The number of nitrogen functional groups attached to an aromatic ring is 1. The molecule has 2 aromatic rings. The monoisotopic (exact) mass is 245 g/mol. The van der Waals surface area contributed by atoms with Crippen molar-refractivity contribution in [3.05, 3.63) is 24.2 Å². The number of pyridine rings is 1. The van der Waals surface area contributed by atoms with Crippen LogP contribution in [0.15, 0.2) is 18.3 Å². The third-order valence-corrected chi connectivity index (χ3v) is 3.81. The maximum absolute atomic E-state index is 5.82. The number of rotatable bonds is 2. The molecular formula is C13H19N5. The third kappa shape index (κ3) is 2.18. The molecule has 0 atom stereocenters. The normalized spacial score (nSPS) is 18.5. The van der Waals surface area contributed by atoms with Crippen LogP contribution in [0.3, 0.4) is 0 Å². The summed E-state index contributed by atoms with van der Waals surface area (Å²) in [6.07, 6.45) is 5.40. The summed E-state index contributed by atoms with van der Waals surface area (Å²) in [6.45, 7) is 2.37. The van der Waals surface area contributed by atoms with Crippen molar-refractivity contribution in [3.63, 3.8) is 0 Å². The van der Waals surface area contributed by atoms with Crippen LogP contribution >= 0.6 is 0 Å². The van der Waals surface area contributed by atoms with Crippen LogP contribution in [0.2, 0.25) is 0 Å². The number of likely N-dealkylation sites (tertiary alicyclic amines) is 1. The van der Waals surface area contributed by atoms with Crippen LogP contribution in [0, 0.1) is 5.92 Å². The van der Waals surface area contributed by atoms with Gasteiger partial charge in [0.25, 0.3) is 0 Å². The van der Waals surface area contributed by atoms with Gasteiger partial charge in [-0.1, -0.05) is 0 Å². The first-order valence-electron chi connectivity index (χ1n) is 6.50. The van der Waals surface area contributed by atoms with Crippen LogP contribution in [0.25, 0.3) is 5.65 Å². The van der Waals surface area contributed by atoms with E-state index in [1.54, 1.807) is 0 Å². The largest absolute Gasteiger partial charge is 0.398 e. The third-order valence-electron chi connectivity index (χ3n) is 3.81. The van der Waals surface area contributed by atoms with Crippen LogP contribution in [0.4, 0.5) is 5.69 Å². The lowest BCUT2D eigenvalue weighted by Crippen LogP contribution is -2.31. The summed E-state index contributed by atoms with van der Waals surface area (Å²) in [5.41, 5.74) is 7.46. The molecule has 0 unspecified atom stereocenters. The smallest absolute Gasteiger partial charge is 0.160 e. The van der Waals surface area contributed by atoms with E-state index in [9.17, 15) is 0 Å².